The summed E-state index contributed by atoms with van der Waals surface area (Å²) in [5.74, 6) is 1.69. The topological polar surface area (TPSA) is 193 Å². The lowest BCUT2D eigenvalue weighted by atomic mass is 9.85. The van der Waals surface area contributed by atoms with Gasteiger partial charge in [0.2, 0.25) is 11.8 Å². The van der Waals surface area contributed by atoms with Crippen LogP contribution in [0.1, 0.15) is 102 Å². The van der Waals surface area contributed by atoms with Crippen LogP contribution in [0.3, 0.4) is 0 Å². The van der Waals surface area contributed by atoms with E-state index in [1.165, 1.54) is 14.2 Å². The zero-order valence-corrected chi connectivity index (χ0v) is 37.5. The number of H-pyrrole nitrogens is 2. The number of carbonyl (C=O) groups excluding carboxylic acids is 4. The van der Waals surface area contributed by atoms with Crippen molar-refractivity contribution in [3.63, 3.8) is 0 Å². The van der Waals surface area contributed by atoms with E-state index in [1.54, 1.807) is 0 Å². The van der Waals surface area contributed by atoms with Crippen molar-refractivity contribution in [2.24, 2.45) is 11.8 Å². The van der Waals surface area contributed by atoms with Gasteiger partial charge < -0.3 is 49.3 Å². The Kier molecular flexibility index (Phi) is 11.7. The lowest BCUT2D eigenvalue weighted by Gasteiger charge is -2.38. The fourth-order valence-electron chi connectivity index (χ4n) is 10.6. The van der Waals surface area contributed by atoms with Crippen molar-refractivity contribution in [1.82, 2.24) is 40.4 Å². The molecule has 6 heterocycles. The highest BCUT2D eigenvalue weighted by Crippen LogP contribution is 2.44. The summed E-state index contributed by atoms with van der Waals surface area (Å²) in [6.45, 7) is 10.8. The maximum atomic E-state index is 14.4. The van der Waals surface area contributed by atoms with Gasteiger partial charge in [-0.15, -0.1) is 0 Å². The van der Waals surface area contributed by atoms with Crippen molar-refractivity contribution in [3.05, 3.63) is 65.9 Å². The minimum absolute atomic E-state index is 0.0182. The molecule has 0 unspecified atom stereocenters. The van der Waals surface area contributed by atoms with E-state index in [4.69, 9.17) is 28.9 Å². The van der Waals surface area contributed by atoms with Crippen LogP contribution in [0.5, 0.6) is 5.75 Å². The highest BCUT2D eigenvalue weighted by Gasteiger charge is 2.43. The molecule has 7 atom stereocenters. The summed E-state index contributed by atoms with van der Waals surface area (Å²) in [6, 6.07) is 12.7. The highest BCUT2D eigenvalue weighted by molar-refractivity contribution is 6.07. The number of nitrogens with zero attached hydrogens (tertiary/aromatic N) is 4. The Morgan fingerprint density at radius 2 is 1.61 bits per heavy atom. The van der Waals surface area contributed by atoms with E-state index in [0.717, 1.165) is 87.0 Å². The number of aromatic nitrogens is 4. The average molecular weight is 875 g/mol. The van der Waals surface area contributed by atoms with E-state index >= 15 is 0 Å². The Balaban J connectivity index is 0.955. The number of fused-ring (bicyclic) bond motifs is 6. The predicted octanol–water partition coefficient (Wildman–Crippen LogP) is 7.69. The van der Waals surface area contributed by atoms with Gasteiger partial charge in [-0.2, -0.15) is 0 Å². The molecule has 5 aromatic rings. The molecule has 3 saturated heterocycles. The van der Waals surface area contributed by atoms with Gasteiger partial charge in [-0.1, -0.05) is 32.0 Å². The molecule has 3 aromatic carbocycles. The van der Waals surface area contributed by atoms with Crippen molar-refractivity contribution in [2.45, 2.75) is 122 Å². The third kappa shape index (κ3) is 8.01. The van der Waals surface area contributed by atoms with Crippen LogP contribution < -0.4 is 15.4 Å². The SMILES string of the molecule is COC(=O)N[C@H](C(=O)N1[C@@H](C)CC[C@H]1c1ncc(-c2ccc3c(c2)COc2cc4c(ccc5nc([C@@H]6CCCN6C(=O)[C@@H](NC(=O)OC)C6C[C@@H](C)O[C@H](C)C6)[nH]c54)cc2-3)[nH]1)C(C)C. The van der Waals surface area contributed by atoms with E-state index in [9.17, 15) is 19.2 Å². The van der Waals surface area contributed by atoms with Crippen molar-refractivity contribution < 1.29 is 38.1 Å². The monoisotopic (exact) mass is 874 g/mol. The van der Waals surface area contributed by atoms with Gasteiger partial charge in [-0.3, -0.25) is 9.59 Å². The molecule has 9 rings (SSSR count). The van der Waals surface area contributed by atoms with Gasteiger partial charge in [0.1, 0.15) is 36.1 Å². The largest absolute Gasteiger partial charge is 0.488 e. The van der Waals surface area contributed by atoms with Crippen molar-refractivity contribution in [2.75, 3.05) is 20.8 Å². The number of likely N-dealkylation sites (tertiary alicyclic amines) is 2. The number of carbonyl (C=O) groups is 4. The Labute approximate surface area is 372 Å². The maximum Gasteiger partial charge on any atom is 0.407 e. The second kappa shape index (κ2) is 17.4. The number of hydrogen-bond donors (Lipinski definition) is 4. The Bertz CT molecular complexity index is 2590. The fourth-order valence-corrected chi connectivity index (χ4v) is 10.6. The highest BCUT2D eigenvalue weighted by atomic mass is 16.5. The van der Waals surface area contributed by atoms with E-state index in [2.05, 4.69) is 57.0 Å². The molecule has 4 amide bonds. The molecule has 0 saturated carbocycles. The molecule has 0 bridgehead atoms. The number of nitrogens with one attached hydrogen (secondary N) is 4. The molecule has 64 heavy (non-hydrogen) atoms. The molecule has 16 heteroatoms. The maximum absolute atomic E-state index is 14.4. The number of rotatable bonds is 9. The fraction of sp³-hybridized carbons (Fsp3) is 0.500. The second-order valence-corrected chi connectivity index (χ2v) is 18.3. The average Bonchev–Trinajstić information content (AvgIpc) is 4.12. The van der Waals surface area contributed by atoms with E-state index in [-0.39, 0.29) is 54.0 Å². The van der Waals surface area contributed by atoms with Crippen LogP contribution in [0.4, 0.5) is 9.59 Å². The zero-order valence-electron chi connectivity index (χ0n) is 37.5. The molecule has 3 fully saturated rings. The van der Waals surface area contributed by atoms with Gasteiger partial charge in [0.25, 0.3) is 0 Å². The van der Waals surface area contributed by atoms with Crippen LogP contribution in [0, 0.1) is 11.8 Å². The summed E-state index contributed by atoms with van der Waals surface area (Å²) in [5.41, 5.74) is 6.59. The van der Waals surface area contributed by atoms with Crippen LogP contribution in [-0.2, 0) is 30.4 Å². The molecular formula is C48H58N8O8. The summed E-state index contributed by atoms with van der Waals surface area (Å²) < 4.78 is 22.2. The number of ether oxygens (including phenoxy) is 4. The number of benzene rings is 3. The van der Waals surface area contributed by atoms with Crippen molar-refractivity contribution >= 4 is 45.8 Å². The summed E-state index contributed by atoms with van der Waals surface area (Å²) in [4.78, 5) is 73.6. The molecule has 2 aromatic heterocycles. The van der Waals surface area contributed by atoms with E-state index in [0.29, 0.717) is 31.8 Å². The molecule has 4 aliphatic heterocycles. The first-order chi connectivity index (χ1) is 30.8. The smallest absolute Gasteiger partial charge is 0.407 e. The van der Waals surface area contributed by atoms with Crippen LogP contribution >= 0.6 is 0 Å². The molecule has 0 spiro atoms. The second-order valence-electron chi connectivity index (χ2n) is 18.3. The van der Waals surface area contributed by atoms with Crippen LogP contribution in [0.2, 0.25) is 0 Å². The molecule has 338 valence electrons. The molecular weight excluding hydrogens is 817 g/mol. The summed E-state index contributed by atoms with van der Waals surface area (Å²) in [6.07, 6.45) is 4.96. The number of alkyl carbamates (subject to hydrolysis) is 2. The Hall–Kier alpha value is -6.16. The lowest BCUT2D eigenvalue weighted by molar-refractivity contribution is -0.139. The number of imidazole rings is 2. The molecule has 4 N–H and O–H groups in total. The van der Waals surface area contributed by atoms with Gasteiger partial charge in [-0.25, -0.2) is 19.6 Å². The first-order valence-electron chi connectivity index (χ1n) is 22.6. The summed E-state index contributed by atoms with van der Waals surface area (Å²) in [7, 11) is 2.61. The van der Waals surface area contributed by atoms with E-state index in [1.807, 2.05) is 56.7 Å². The van der Waals surface area contributed by atoms with Gasteiger partial charge in [0.15, 0.2) is 0 Å². The van der Waals surface area contributed by atoms with Crippen molar-refractivity contribution in [3.8, 4) is 28.1 Å². The number of methoxy groups -OCH3 is 2. The van der Waals surface area contributed by atoms with Crippen molar-refractivity contribution in [1.29, 1.82) is 0 Å². The lowest BCUT2D eigenvalue weighted by Crippen LogP contribution is -2.54. The normalized spacial score (nSPS) is 23.9. The van der Waals surface area contributed by atoms with Gasteiger partial charge in [0, 0.05) is 23.5 Å². The Morgan fingerprint density at radius 1 is 0.844 bits per heavy atom. The molecule has 4 aliphatic rings. The molecule has 16 nitrogen and oxygen atoms in total. The van der Waals surface area contributed by atoms with Crippen LogP contribution in [0.15, 0.2) is 48.7 Å². The minimum atomic E-state index is -0.738. The van der Waals surface area contributed by atoms with Crippen LogP contribution in [-0.4, -0.2) is 105 Å². The van der Waals surface area contributed by atoms with E-state index < -0.39 is 24.3 Å². The Morgan fingerprint density at radius 3 is 2.36 bits per heavy atom. The quantitative estimate of drug-likeness (QED) is 0.114. The van der Waals surface area contributed by atoms with Crippen LogP contribution in [0.25, 0.3) is 44.2 Å². The summed E-state index contributed by atoms with van der Waals surface area (Å²) >= 11 is 0. The first-order valence-corrected chi connectivity index (χ1v) is 22.6. The number of aromatic amines is 2. The standard InChI is InChI=1S/C48H58N8O8/c1-24(2)40(53-47(59)61-6)46(58)56-25(3)10-15-38(56)43-49-22-36(51-43)29-11-13-32-31(19-29)23-63-39-21-33-28(20-34(32)39)12-14-35-42(33)52-44(50-35)37-9-8-16-55(37)45(57)41(54-48(60)62-7)30-17-26(4)64-27(5)18-30/h11-14,19-22,24-27,30,37-38,40-41H,8-10,15-18,23H2,1-7H3,(H,49,51)(H,50,52)(H,53,59)(H,54,60)/t25-,26+,27+,37-,38-,40-,41-/m0/s1. The zero-order chi connectivity index (χ0) is 45.0. The molecule has 0 aliphatic carbocycles. The third-order valence-electron chi connectivity index (χ3n) is 13.7. The first kappa shape index (κ1) is 43.1. The number of hydrogen-bond acceptors (Lipinski definition) is 10. The number of amides is 4. The van der Waals surface area contributed by atoms with Gasteiger partial charge in [0.05, 0.1) is 61.4 Å². The minimum Gasteiger partial charge on any atom is -0.488 e. The van der Waals surface area contributed by atoms with Gasteiger partial charge in [-0.05, 0) is 117 Å². The summed E-state index contributed by atoms with van der Waals surface area (Å²) in [5, 5.41) is 7.60. The third-order valence-corrected chi connectivity index (χ3v) is 13.7. The van der Waals surface area contributed by atoms with Gasteiger partial charge >= 0.3 is 12.2 Å². The predicted molar refractivity (Wildman–Crippen MR) is 239 cm³/mol. The molecule has 0 radical (unpaired) electrons.